The number of aromatic nitrogens is 3. The largest absolute Gasteiger partial charge is 0.453 e. The van der Waals surface area contributed by atoms with Crippen molar-refractivity contribution in [3.63, 3.8) is 0 Å². The summed E-state index contributed by atoms with van der Waals surface area (Å²) in [4.78, 5) is 2.89. The van der Waals surface area contributed by atoms with Crippen LogP contribution in [-0.4, -0.2) is 15.2 Å². The molecule has 10 heteroatoms. The summed E-state index contributed by atoms with van der Waals surface area (Å²) in [5, 5.41) is 17.7. The van der Waals surface area contributed by atoms with Gasteiger partial charge in [0.1, 0.15) is 11.4 Å². The molecule has 4 aromatic rings. The maximum Gasteiger partial charge on any atom is 0.265 e. The number of halogens is 4. The molecule has 2 aromatic heterocycles. The van der Waals surface area contributed by atoms with E-state index in [0.29, 0.717) is 10.7 Å². The van der Waals surface area contributed by atoms with Gasteiger partial charge in [0.05, 0.1) is 28.1 Å². The van der Waals surface area contributed by atoms with Crippen LogP contribution < -0.4 is 4.74 Å². The second-order valence-electron chi connectivity index (χ2n) is 6.12. The molecule has 0 amide bonds. The van der Waals surface area contributed by atoms with Gasteiger partial charge in [0.15, 0.2) is 11.6 Å². The Morgan fingerprint density at radius 2 is 1.93 bits per heavy atom. The fraction of sp³-hybridized carbons (Fsp3) is 0.0500. The SMILES string of the molecule is N#Cc1cc(Cl)cc(Oc2c(Cl)ccc(Cc3nnc(-c4[nH]ccc4Cl)o3)c2F)c1. The molecule has 6 nitrogen and oxygen atoms in total. The Hall–Kier alpha value is -3.05. The molecular weight excluding hydrogens is 454 g/mol. The Balaban J connectivity index is 1.62. The molecule has 30 heavy (non-hydrogen) atoms. The molecule has 0 saturated heterocycles. The minimum absolute atomic E-state index is 0.00365. The van der Waals surface area contributed by atoms with Gasteiger partial charge in [0, 0.05) is 16.8 Å². The van der Waals surface area contributed by atoms with E-state index >= 15 is 4.39 Å². The van der Waals surface area contributed by atoms with Crippen molar-refractivity contribution in [1.82, 2.24) is 15.2 Å². The molecule has 0 atom stereocenters. The van der Waals surface area contributed by atoms with E-state index in [0.717, 1.165) is 0 Å². The van der Waals surface area contributed by atoms with Gasteiger partial charge in [-0.15, -0.1) is 10.2 Å². The van der Waals surface area contributed by atoms with Gasteiger partial charge >= 0.3 is 0 Å². The normalized spacial score (nSPS) is 10.8. The number of nitrogens with zero attached hydrogens (tertiary/aromatic N) is 3. The first-order valence-corrected chi connectivity index (χ1v) is 9.59. The van der Waals surface area contributed by atoms with Crippen molar-refractivity contribution in [2.45, 2.75) is 6.42 Å². The average molecular weight is 464 g/mol. The van der Waals surface area contributed by atoms with Crippen molar-refractivity contribution >= 4 is 34.8 Å². The van der Waals surface area contributed by atoms with Crippen LogP contribution in [0.25, 0.3) is 11.6 Å². The van der Waals surface area contributed by atoms with Crippen molar-refractivity contribution in [3.8, 4) is 29.2 Å². The Kier molecular flexibility index (Phi) is 5.64. The fourth-order valence-corrected chi connectivity index (χ4v) is 3.32. The van der Waals surface area contributed by atoms with Gasteiger partial charge in [0.2, 0.25) is 5.89 Å². The predicted molar refractivity (Wildman–Crippen MR) is 110 cm³/mol. The first kappa shape index (κ1) is 20.2. The van der Waals surface area contributed by atoms with Gasteiger partial charge in [-0.3, -0.25) is 0 Å². The highest BCUT2D eigenvalue weighted by atomic mass is 35.5. The lowest BCUT2D eigenvalue weighted by atomic mass is 10.1. The molecule has 0 aliphatic heterocycles. The lowest BCUT2D eigenvalue weighted by molar-refractivity contribution is 0.437. The van der Waals surface area contributed by atoms with Crippen LogP contribution in [0.5, 0.6) is 11.5 Å². The number of ether oxygens (including phenoxy) is 1. The highest BCUT2D eigenvalue weighted by Gasteiger charge is 2.19. The monoisotopic (exact) mass is 462 g/mol. The van der Waals surface area contributed by atoms with Crippen molar-refractivity contribution in [2.75, 3.05) is 0 Å². The smallest absolute Gasteiger partial charge is 0.265 e. The first-order valence-electron chi connectivity index (χ1n) is 8.45. The van der Waals surface area contributed by atoms with Crippen molar-refractivity contribution in [3.05, 3.63) is 80.5 Å². The summed E-state index contributed by atoms with van der Waals surface area (Å²) in [7, 11) is 0. The third-order valence-electron chi connectivity index (χ3n) is 4.07. The summed E-state index contributed by atoms with van der Waals surface area (Å²) in [6, 6.07) is 10.9. The van der Waals surface area contributed by atoms with Crippen molar-refractivity contribution in [1.29, 1.82) is 5.26 Å². The predicted octanol–water partition coefficient (Wildman–Crippen LogP) is 6.42. The van der Waals surface area contributed by atoms with Crippen LogP contribution >= 0.6 is 34.8 Å². The maximum absolute atomic E-state index is 15.1. The molecule has 4 rings (SSSR count). The molecule has 0 aliphatic carbocycles. The Labute approximate surface area is 184 Å². The number of benzene rings is 2. The second-order valence-corrected chi connectivity index (χ2v) is 7.37. The third kappa shape index (κ3) is 4.12. The van der Waals surface area contributed by atoms with Crippen molar-refractivity contribution in [2.24, 2.45) is 0 Å². The summed E-state index contributed by atoms with van der Waals surface area (Å²) >= 11 is 18.1. The van der Waals surface area contributed by atoms with E-state index in [1.165, 1.54) is 30.3 Å². The van der Waals surface area contributed by atoms with Gasteiger partial charge < -0.3 is 14.1 Å². The van der Waals surface area contributed by atoms with E-state index in [1.54, 1.807) is 12.3 Å². The zero-order valence-corrected chi connectivity index (χ0v) is 17.2. The highest BCUT2D eigenvalue weighted by molar-refractivity contribution is 6.33. The van der Waals surface area contributed by atoms with Crippen LogP contribution in [0.3, 0.4) is 0 Å². The van der Waals surface area contributed by atoms with Crippen molar-refractivity contribution < 1.29 is 13.5 Å². The maximum atomic E-state index is 15.1. The van der Waals surface area contributed by atoms with Crippen LogP contribution in [0.15, 0.2) is 47.0 Å². The number of aromatic amines is 1. The molecule has 0 fully saturated rings. The van der Waals surface area contributed by atoms with Crippen LogP contribution in [0, 0.1) is 17.1 Å². The number of hydrogen-bond donors (Lipinski definition) is 1. The molecule has 0 bridgehead atoms. The van der Waals surface area contributed by atoms with Gasteiger partial charge in [-0.2, -0.15) is 5.26 Å². The molecule has 0 radical (unpaired) electrons. The molecule has 2 heterocycles. The fourth-order valence-electron chi connectivity index (χ4n) is 2.71. The van der Waals surface area contributed by atoms with E-state index in [-0.39, 0.29) is 50.9 Å². The number of nitriles is 1. The zero-order valence-electron chi connectivity index (χ0n) is 14.9. The molecular formula is C20H10Cl3FN4O2. The molecule has 0 saturated carbocycles. The van der Waals surface area contributed by atoms with Crippen LogP contribution in [-0.2, 0) is 6.42 Å². The minimum atomic E-state index is -0.696. The number of H-pyrrole nitrogens is 1. The summed E-state index contributed by atoms with van der Waals surface area (Å²) in [6.45, 7) is 0. The first-order chi connectivity index (χ1) is 14.4. The van der Waals surface area contributed by atoms with E-state index in [2.05, 4.69) is 15.2 Å². The standard InChI is InChI=1S/C20H10Cl3FN4O2/c21-12-5-10(9-25)6-13(8-12)29-19-15(23)2-1-11(17(19)24)7-16-27-28-20(30-16)18-14(22)3-4-26-18/h1-6,8,26H,7H2. The molecule has 0 spiro atoms. The molecule has 150 valence electrons. The number of nitrogens with one attached hydrogen (secondary N) is 1. The molecule has 2 aromatic carbocycles. The minimum Gasteiger partial charge on any atom is -0.453 e. The Morgan fingerprint density at radius 1 is 1.10 bits per heavy atom. The number of rotatable bonds is 5. The van der Waals surface area contributed by atoms with E-state index < -0.39 is 5.82 Å². The highest BCUT2D eigenvalue weighted by Crippen LogP contribution is 2.36. The van der Waals surface area contributed by atoms with E-state index in [1.807, 2.05) is 6.07 Å². The van der Waals surface area contributed by atoms with Gasteiger partial charge in [0.25, 0.3) is 5.89 Å². The van der Waals surface area contributed by atoms with Crippen LogP contribution in [0.4, 0.5) is 4.39 Å². The van der Waals surface area contributed by atoms with Crippen LogP contribution in [0.2, 0.25) is 15.1 Å². The Morgan fingerprint density at radius 3 is 2.67 bits per heavy atom. The molecule has 1 N–H and O–H groups in total. The summed E-state index contributed by atoms with van der Waals surface area (Å²) in [6.07, 6.45) is 1.64. The summed E-state index contributed by atoms with van der Waals surface area (Å²) in [5.41, 5.74) is 0.974. The van der Waals surface area contributed by atoms with Gasteiger partial charge in [-0.25, -0.2) is 4.39 Å². The molecule has 0 unspecified atom stereocenters. The zero-order chi connectivity index (χ0) is 21.3. The van der Waals surface area contributed by atoms with E-state index in [9.17, 15) is 0 Å². The quantitative estimate of drug-likeness (QED) is 0.369. The van der Waals surface area contributed by atoms with Crippen LogP contribution in [0.1, 0.15) is 17.0 Å². The summed E-state index contributed by atoms with van der Waals surface area (Å²) < 4.78 is 26.3. The average Bonchev–Trinajstić information content (AvgIpc) is 3.35. The second kappa shape index (κ2) is 8.36. The Bertz CT molecular complexity index is 1280. The summed E-state index contributed by atoms with van der Waals surface area (Å²) in [5.74, 6) is -0.351. The topological polar surface area (TPSA) is 87.7 Å². The molecule has 0 aliphatic rings. The lowest BCUT2D eigenvalue weighted by Crippen LogP contribution is -1.98. The van der Waals surface area contributed by atoms with Gasteiger partial charge in [-0.1, -0.05) is 40.9 Å². The third-order valence-corrected chi connectivity index (χ3v) is 4.90. The van der Waals surface area contributed by atoms with E-state index in [4.69, 9.17) is 49.2 Å². The van der Waals surface area contributed by atoms with Gasteiger partial charge in [-0.05, 0) is 30.3 Å². The number of hydrogen-bond acceptors (Lipinski definition) is 5. The lowest BCUT2D eigenvalue weighted by Gasteiger charge is -2.11.